The summed E-state index contributed by atoms with van der Waals surface area (Å²) in [5, 5.41) is 0. The molecular formula is C18H40NaO6P. The predicted octanol–water partition coefficient (Wildman–Crippen LogP) is 4.45. The average Bonchev–Trinajstić information content (AvgIpc) is 2.51. The maximum absolute atomic E-state index is 11.5. The van der Waals surface area contributed by atoms with Crippen LogP contribution in [-0.2, 0) is 14.1 Å². The minimum atomic E-state index is -4.64. The van der Waals surface area contributed by atoms with Crippen LogP contribution in [0.4, 0.5) is 0 Å². The molecule has 0 spiro atoms. The van der Waals surface area contributed by atoms with E-state index in [9.17, 15) is 4.79 Å². The third-order valence-electron chi connectivity index (χ3n) is 3.75. The molecule has 0 unspecified atom stereocenters. The van der Waals surface area contributed by atoms with Crippen molar-refractivity contribution >= 4 is 43.3 Å². The summed E-state index contributed by atoms with van der Waals surface area (Å²) < 4.78 is 14.1. The van der Waals surface area contributed by atoms with E-state index in [4.69, 9.17) is 24.0 Å². The Hall–Kier alpha value is 0.580. The molecule has 0 fully saturated rings. The van der Waals surface area contributed by atoms with Crippen LogP contribution in [0.25, 0.3) is 0 Å². The van der Waals surface area contributed by atoms with Gasteiger partial charge in [0.15, 0.2) is 0 Å². The van der Waals surface area contributed by atoms with Gasteiger partial charge in [0.2, 0.25) is 0 Å². The molecule has 0 bridgehead atoms. The summed E-state index contributed by atoms with van der Waals surface area (Å²) in [7, 11) is -4.64. The average molecular weight is 406 g/mol. The molecule has 0 rings (SSSR count). The zero-order chi connectivity index (χ0) is 19.4. The van der Waals surface area contributed by atoms with Crippen LogP contribution in [0.15, 0.2) is 0 Å². The molecular weight excluding hydrogens is 366 g/mol. The number of hydrogen-bond acceptors (Lipinski definition) is 3. The monoisotopic (exact) mass is 406 g/mol. The van der Waals surface area contributed by atoms with E-state index in [0.29, 0.717) is 13.0 Å². The second-order valence-corrected chi connectivity index (χ2v) is 7.40. The summed E-state index contributed by atoms with van der Waals surface area (Å²) in [5.74, 6) is 0.00659. The van der Waals surface area contributed by atoms with Crippen LogP contribution in [0.1, 0.15) is 104 Å². The summed E-state index contributed by atoms with van der Waals surface area (Å²) in [6.45, 7) is 5.09. The SMILES string of the molecule is CCCCCCCCCC(=O)OCCCCCCCC.O=P(O)(O)O.[NaH]. The Morgan fingerprint density at radius 1 is 0.731 bits per heavy atom. The molecule has 0 saturated heterocycles. The Balaban J connectivity index is -0.000000772. The van der Waals surface area contributed by atoms with Gasteiger partial charge < -0.3 is 19.4 Å². The summed E-state index contributed by atoms with van der Waals surface area (Å²) in [6.07, 6.45) is 16.8. The fourth-order valence-corrected chi connectivity index (χ4v) is 2.37. The van der Waals surface area contributed by atoms with Gasteiger partial charge in [-0.15, -0.1) is 0 Å². The molecule has 0 aromatic heterocycles. The molecule has 6 nitrogen and oxygen atoms in total. The maximum atomic E-state index is 11.5. The van der Waals surface area contributed by atoms with Crippen LogP contribution in [0.5, 0.6) is 0 Å². The number of hydrogen-bond donors (Lipinski definition) is 3. The number of carbonyl (C=O) groups excluding carboxylic acids is 1. The topological polar surface area (TPSA) is 104 Å². The molecule has 0 heterocycles. The number of phosphoric acid groups is 1. The molecule has 0 amide bonds. The van der Waals surface area contributed by atoms with Gasteiger partial charge in [0.25, 0.3) is 0 Å². The Morgan fingerprint density at radius 2 is 1.08 bits per heavy atom. The Bertz CT molecular complexity index is 307. The van der Waals surface area contributed by atoms with Crippen LogP contribution < -0.4 is 0 Å². The van der Waals surface area contributed by atoms with Gasteiger partial charge in [-0.2, -0.15) is 0 Å². The summed E-state index contributed by atoms with van der Waals surface area (Å²) in [6, 6.07) is 0. The Kier molecular flexibility index (Phi) is 28.4. The summed E-state index contributed by atoms with van der Waals surface area (Å²) in [5.41, 5.74) is 0. The van der Waals surface area contributed by atoms with Gasteiger partial charge in [-0.25, -0.2) is 4.57 Å². The van der Waals surface area contributed by atoms with Gasteiger partial charge in [0, 0.05) is 6.42 Å². The van der Waals surface area contributed by atoms with Gasteiger partial charge in [-0.1, -0.05) is 84.5 Å². The van der Waals surface area contributed by atoms with E-state index in [1.165, 1.54) is 70.6 Å². The predicted molar refractivity (Wildman–Crippen MR) is 108 cm³/mol. The van der Waals surface area contributed by atoms with E-state index in [0.717, 1.165) is 12.8 Å². The van der Waals surface area contributed by atoms with Crippen molar-refractivity contribution in [2.24, 2.45) is 0 Å². The quantitative estimate of drug-likeness (QED) is 0.161. The molecule has 0 saturated carbocycles. The first-order valence-corrected chi connectivity index (χ1v) is 11.3. The first kappa shape index (κ1) is 31.3. The van der Waals surface area contributed by atoms with E-state index >= 15 is 0 Å². The molecule has 154 valence electrons. The molecule has 0 atom stereocenters. The summed E-state index contributed by atoms with van der Waals surface area (Å²) in [4.78, 5) is 33.1. The Morgan fingerprint density at radius 3 is 1.50 bits per heavy atom. The van der Waals surface area contributed by atoms with E-state index in [1.807, 2.05) is 0 Å². The Labute approximate surface area is 182 Å². The molecule has 0 aromatic carbocycles. The first-order valence-electron chi connectivity index (χ1n) is 9.75. The van der Waals surface area contributed by atoms with E-state index in [1.54, 1.807) is 0 Å². The van der Waals surface area contributed by atoms with Gasteiger partial charge >= 0.3 is 43.3 Å². The van der Waals surface area contributed by atoms with E-state index in [-0.39, 0.29) is 35.5 Å². The van der Waals surface area contributed by atoms with Crippen LogP contribution in [0, 0.1) is 0 Å². The van der Waals surface area contributed by atoms with Crippen molar-refractivity contribution in [1.82, 2.24) is 0 Å². The fourth-order valence-electron chi connectivity index (χ4n) is 2.37. The number of ether oxygens (including phenoxy) is 1. The number of esters is 1. The first-order chi connectivity index (χ1) is 11.8. The third kappa shape index (κ3) is 39.6. The van der Waals surface area contributed by atoms with Crippen molar-refractivity contribution in [2.75, 3.05) is 6.61 Å². The van der Waals surface area contributed by atoms with Gasteiger partial charge in [-0.05, 0) is 12.8 Å². The van der Waals surface area contributed by atoms with Crippen molar-refractivity contribution in [1.29, 1.82) is 0 Å². The summed E-state index contributed by atoms with van der Waals surface area (Å²) >= 11 is 0. The number of rotatable bonds is 15. The van der Waals surface area contributed by atoms with Crippen LogP contribution in [0.2, 0.25) is 0 Å². The van der Waals surface area contributed by atoms with Crippen molar-refractivity contribution in [3.63, 3.8) is 0 Å². The van der Waals surface area contributed by atoms with Crippen molar-refractivity contribution < 1.29 is 28.8 Å². The number of carbonyl (C=O) groups is 1. The van der Waals surface area contributed by atoms with E-state index < -0.39 is 7.82 Å². The van der Waals surface area contributed by atoms with Crippen LogP contribution in [-0.4, -0.2) is 56.8 Å². The second kappa shape index (κ2) is 23.6. The molecule has 26 heavy (non-hydrogen) atoms. The molecule has 0 aliphatic carbocycles. The van der Waals surface area contributed by atoms with Gasteiger partial charge in [-0.3, -0.25) is 4.79 Å². The normalized spacial score (nSPS) is 10.5. The van der Waals surface area contributed by atoms with Gasteiger partial charge in [0.1, 0.15) is 0 Å². The van der Waals surface area contributed by atoms with Crippen LogP contribution >= 0.6 is 7.82 Å². The standard InChI is InChI=1S/C18H36O2.Na.H3O4P.H/c1-3-5-7-9-11-12-14-16-18(19)20-17-15-13-10-8-6-4-2;;1-5(2,3)4;/h3-17H2,1-2H3;;(H3,1,2,3,4);. The van der Waals surface area contributed by atoms with E-state index in [2.05, 4.69) is 13.8 Å². The molecule has 8 heteroatoms. The number of unbranched alkanes of at least 4 members (excludes halogenated alkanes) is 11. The molecule has 3 N–H and O–H groups in total. The van der Waals surface area contributed by atoms with Crippen molar-refractivity contribution in [3.8, 4) is 0 Å². The zero-order valence-electron chi connectivity index (χ0n) is 16.1. The molecule has 0 radical (unpaired) electrons. The van der Waals surface area contributed by atoms with Crippen molar-refractivity contribution in [3.05, 3.63) is 0 Å². The van der Waals surface area contributed by atoms with Crippen LogP contribution in [0.3, 0.4) is 0 Å². The molecule has 0 aliphatic heterocycles. The molecule has 0 aromatic rings. The minimum absolute atomic E-state index is 0. The third-order valence-corrected chi connectivity index (χ3v) is 3.75. The molecule has 0 aliphatic rings. The van der Waals surface area contributed by atoms with Gasteiger partial charge in [0.05, 0.1) is 6.61 Å². The zero-order valence-corrected chi connectivity index (χ0v) is 17.0. The fraction of sp³-hybridized carbons (Fsp3) is 0.944. The second-order valence-electron chi connectivity index (χ2n) is 6.37. The van der Waals surface area contributed by atoms with Crippen molar-refractivity contribution in [2.45, 2.75) is 104 Å².